The lowest BCUT2D eigenvalue weighted by Gasteiger charge is -2.40. The summed E-state index contributed by atoms with van der Waals surface area (Å²) < 4.78 is 5.27. The number of nitrogens with two attached hydrogens (primary N) is 1. The maximum atomic E-state index is 10.3. The highest BCUT2D eigenvalue weighted by Crippen LogP contribution is 2.32. The van der Waals surface area contributed by atoms with Crippen LogP contribution in [0.5, 0.6) is 0 Å². The zero-order valence-electron chi connectivity index (χ0n) is 8.62. The summed E-state index contributed by atoms with van der Waals surface area (Å²) in [6.45, 7) is 5.94. The van der Waals surface area contributed by atoms with E-state index in [2.05, 4.69) is 0 Å². The molecule has 78 valence electrons. The lowest BCUT2D eigenvalue weighted by molar-refractivity contribution is -0.0876. The standard InChI is InChI=1S/C10H21NO2/c1-8(2)10(12,7-11)9-3-5-13-6-4-9/h8-9,12H,3-7,11H2,1-2H3. The lowest BCUT2D eigenvalue weighted by Crippen LogP contribution is -2.51. The summed E-state index contributed by atoms with van der Waals surface area (Å²) in [7, 11) is 0. The summed E-state index contributed by atoms with van der Waals surface area (Å²) in [5, 5.41) is 10.3. The molecule has 0 saturated carbocycles. The summed E-state index contributed by atoms with van der Waals surface area (Å²) in [6, 6.07) is 0. The van der Waals surface area contributed by atoms with Gasteiger partial charge in [0.2, 0.25) is 0 Å². The van der Waals surface area contributed by atoms with Gasteiger partial charge in [0.25, 0.3) is 0 Å². The zero-order valence-corrected chi connectivity index (χ0v) is 8.62. The van der Waals surface area contributed by atoms with Gasteiger partial charge in [0, 0.05) is 19.8 Å². The van der Waals surface area contributed by atoms with Gasteiger partial charge in [-0.2, -0.15) is 0 Å². The Kier molecular flexibility index (Phi) is 3.71. The second-order valence-corrected chi connectivity index (χ2v) is 4.24. The van der Waals surface area contributed by atoms with Crippen LogP contribution in [-0.2, 0) is 4.74 Å². The largest absolute Gasteiger partial charge is 0.388 e. The van der Waals surface area contributed by atoms with Gasteiger partial charge in [0.15, 0.2) is 0 Å². The minimum absolute atomic E-state index is 0.223. The van der Waals surface area contributed by atoms with Crippen molar-refractivity contribution >= 4 is 0 Å². The molecule has 3 nitrogen and oxygen atoms in total. The molecule has 1 fully saturated rings. The van der Waals surface area contributed by atoms with Gasteiger partial charge < -0.3 is 15.6 Å². The van der Waals surface area contributed by atoms with E-state index in [0.717, 1.165) is 26.1 Å². The molecular formula is C10H21NO2. The topological polar surface area (TPSA) is 55.5 Å². The van der Waals surface area contributed by atoms with Crippen molar-refractivity contribution in [1.29, 1.82) is 0 Å². The molecule has 1 unspecified atom stereocenters. The Balaban J connectivity index is 2.62. The highest BCUT2D eigenvalue weighted by Gasteiger charge is 2.38. The van der Waals surface area contributed by atoms with Gasteiger partial charge in [-0.3, -0.25) is 0 Å². The molecule has 0 radical (unpaired) electrons. The monoisotopic (exact) mass is 187 g/mol. The lowest BCUT2D eigenvalue weighted by atomic mass is 9.75. The van der Waals surface area contributed by atoms with Gasteiger partial charge in [-0.15, -0.1) is 0 Å². The molecule has 3 heteroatoms. The van der Waals surface area contributed by atoms with Crippen molar-refractivity contribution in [3.05, 3.63) is 0 Å². The van der Waals surface area contributed by atoms with Crippen molar-refractivity contribution in [2.75, 3.05) is 19.8 Å². The summed E-state index contributed by atoms with van der Waals surface area (Å²) in [6.07, 6.45) is 1.87. The summed E-state index contributed by atoms with van der Waals surface area (Å²) in [5.74, 6) is 0.534. The number of aliphatic hydroxyl groups is 1. The van der Waals surface area contributed by atoms with E-state index >= 15 is 0 Å². The molecule has 0 bridgehead atoms. The van der Waals surface area contributed by atoms with Crippen LogP contribution in [-0.4, -0.2) is 30.5 Å². The third-order valence-electron chi connectivity index (χ3n) is 3.26. The maximum absolute atomic E-state index is 10.3. The third kappa shape index (κ3) is 2.22. The second-order valence-electron chi connectivity index (χ2n) is 4.24. The first-order chi connectivity index (χ1) is 6.11. The molecule has 0 amide bonds. The summed E-state index contributed by atoms with van der Waals surface area (Å²) in [5.41, 5.74) is 4.96. The molecule has 1 saturated heterocycles. The van der Waals surface area contributed by atoms with E-state index in [1.54, 1.807) is 0 Å². The summed E-state index contributed by atoms with van der Waals surface area (Å²) in [4.78, 5) is 0. The highest BCUT2D eigenvalue weighted by atomic mass is 16.5. The van der Waals surface area contributed by atoms with Crippen LogP contribution in [0.2, 0.25) is 0 Å². The number of rotatable bonds is 3. The van der Waals surface area contributed by atoms with E-state index in [0.29, 0.717) is 12.5 Å². The van der Waals surface area contributed by atoms with Crippen LogP contribution in [0.15, 0.2) is 0 Å². The fraction of sp³-hybridized carbons (Fsp3) is 1.00. The van der Waals surface area contributed by atoms with Crippen molar-refractivity contribution in [3.8, 4) is 0 Å². The van der Waals surface area contributed by atoms with Gasteiger partial charge in [-0.1, -0.05) is 13.8 Å². The molecule has 0 aromatic rings. The number of hydrogen-bond acceptors (Lipinski definition) is 3. The number of ether oxygens (including phenoxy) is 1. The molecule has 0 aromatic heterocycles. The van der Waals surface area contributed by atoms with E-state index in [1.165, 1.54) is 0 Å². The van der Waals surface area contributed by atoms with Crippen molar-refractivity contribution in [2.45, 2.75) is 32.3 Å². The van der Waals surface area contributed by atoms with Crippen LogP contribution >= 0.6 is 0 Å². The molecule has 1 aliphatic rings. The average molecular weight is 187 g/mol. The smallest absolute Gasteiger partial charge is 0.0821 e. The first kappa shape index (κ1) is 11.0. The Morgan fingerprint density at radius 1 is 1.46 bits per heavy atom. The predicted molar refractivity (Wildman–Crippen MR) is 52.4 cm³/mol. The molecule has 13 heavy (non-hydrogen) atoms. The second kappa shape index (κ2) is 4.40. The third-order valence-corrected chi connectivity index (χ3v) is 3.26. The maximum Gasteiger partial charge on any atom is 0.0821 e. The Bertz CT molecular complexity index is 155. The quantitative estimate of drug-likeness (QED) is 0.686. The number of hydrogen-bond donors (Lipinski definition) is 2. The molecule has 0 aromatic carbocycles. The van der Waals surface area contributed by atoms with Gasteiger partial charge in [-0.25, -0.2) is 0 Å². The van der Waals surface area contributed by atoms with Crippen LogP contribution in [0, 0.1) is 11.8 Å². The summed E-state index contributed by atoms with van der Waals surface area (Å²) >= 11 is 0. The van der Waals surface area contributed by atoms with E-state index < -0.39 is 5.60 Å². The first-order valence-electron chi connectivity index (χ1n) is 5.11. The van der Waals surface area contributed by atoms with Crippen LogP contribution in [0.4, 0.5) is 0 Å². The highest BCUT2D eigenvalue weighted by molar-refractivity contribution is 4.91. The Hall–Kier alpha value is -0.120. The minimum Gasteiger partial charge on any atom is -0.388 e. The van der Waals surface area contributed by atoms with Crippen LogP contribution in [0.25, 0.3) is 0 Å². The molecule has 1 aliphatic heterocycles. The Labute approximate surface area is 80.3 Å². The van der Waals surface area contributed by atoms with Crippen LogP contribution in [0.1, 0.15) is 26.7 Å². The Morgan fingerprint density at radius 2 is 2.00 bits per heavy atom. The van der Waals surface area contributed by atoms with Gasteiger partial charge in [0.05, 0.1) is 5.60 Å². The van der Waals surface area contributed by atoms with Gasteiger partial charge in [-0.05, 0) is 24.7 Å². The normalized spacial score (nSPS) is 24.7. The van der Waals surface area contributed by atoms with Crippen molar-refractivity contribution in [2.24, 2.45) is 17.6 Å². The SMILES string of the molecule is CC(C)C(O)(CN)C1CCOCC1. The van der Waals surface area contributed by atoms with E-state index in [9.17, 15) is 5.11 Å². The van der Waals surface area contributed by atoms with E-state index in [4.69, 9.17) is 10.5 Å². The fourth-order valence-corrected chi connectivity index (χ4v) is 2.07. The zero-order chi connectivity index (χ0) is 9.90. The molecule has 0 aliphatic carbocycles. The Morgan fingerprint density at radius 3 is 2.38 bits per heavy atom. The molecule has 1 atom stereocenters. The molecule has 0 spiro atoms. The fourth-order valence-electron chi connectivity index (χ4n) is 2.07. The van der Waals surface area contributed by atoms with E-state index in [1.807, 2.05) is 13.8 Å². The molecule has 3 N–H and O–H groups in total. The first-order valence-corrected chi connectivity index (χ1v) is 5.11. The van der Waals surface area contributed by atoms with Gasteiger partial charge >= 0.3 is 0 Å². The molecular weight excluding hydrogens is 166 g/mol. The average Bonchev–Trinajstić information content (AvgIpc) is 2.17. The molecule has 1 rings (SSSR count). The molecule has 1 heterocycles. The van der Waals surface area contributed by atoms with E-state index in [-0.39, 0.29) is 5.92 Å². The predicted octanol–water partition coefficient (Wildman–Crippen LogP) is 0.759. The van der Waals surface area contributed by atoms with Crippen LogP contribution < -0.4 is 5.73 Å². The van der Waals surface area contributed by atoms with Crippen LogP contribution in [0.3, 0.4) is 0 Å². The van der Waals surface area contributed by atoms with Crippen molar-refractivity contribution in [1.82, 2.24) is 0 Å². The minimum atomic E-state index is -0.691. The van der Waals surface area contributed by atoms with Crippen molar-refractivity contribution < 1.29 is 9.84 Å². The van der Waals surface area contributed by atoms with Crippen molar-refractivity contribution in [3.63, 3.8) is 0 Å². The van der Waals surface area contributed by atoms with Gasteiger partial charge in [0.1, 0.15) is 0 Å².